The summed E-state index contributed by atoms with van der Waals surface area (Å²) >= 11 is 5.78. The Morgan fingerprint density at radius 1 is 1.04 bits per heavy atom. The SMILES string of the molecule is Cc1cccc(C(C)C)c1NC(=O)[C@@H](C)NS(=O)(=O)c1ccc(Cl)cc1. The van der Waals surface area contributed by atoms with E-state index < -0.39 is 22.0 Å². The molecule has 0 unspecified atom stereocenters. The fourth-order valence-electron chi connectivity index (χ4n) is 2.54. The summed E-state index contributed by atoms with van der Waals surface area (Å²) in [5.41, 5.74) is 2.66. The molecule has 0 aliphatic rings. The minimum Gasteiger partial charge on any atom is -0.324 e. The number of rotatable bonds is 6. The Balaban J connectivity index is 2.17. The summed E-state index contributed by atoms with van der Waals surface area (Å²) in [5.74, 6) is -0.190. The molecule has 1 amide bonds. The van der Waals surface area contributed by atoms with Crippen LogP contribution in [0.15, 0.2) is 47.4 Å². The van der Waals surface area contributed by atoms with Gasteiger partial charge in [-0.3, -0.25) is 4.79 Å². The van der Waals surface area contributed by atoms with Gasteiger partial charge in [-0.1, -0.05) is 43.6 Å². The molecule has 0 spiro atoms. The monoisotopic (exact) mass is 394 g/mol. The van der Waals surface area contributed by atoms with Crippen molar-refractivity contribution in [3.05, 3.63) is 58.6 Å². The van der Waals surface area contributed by atoms with Gasteiger partial charge in [0.1, 0.15) is 0 Å². The number of benzene rings is 2. The van der Waals surface area contributed by atoms with Crippen molar-refractivity contribution in [2.75, 3.05) is 5.32 Å². The third kappa shape index (κ3) is 4.84. The molecule has 2 N–H and O–H groups in total. The van der Waals surface area contributed by atoms with E-state index in [0.29, 0.717) is 5.02 Å². The lowest BCUT2D eigenvalue weighted by Crippen LogP contribution is -2.41. The second kappa shape index (κ2) is 8.20. The van der Waals surface area contributed by atoms with Crippen LogP contribution in [0.1, 0.15) is 37.8 Å². The molecule has 0 aliphatic heterocycles. The van der Waals surface area contributed by atoms with Crippen molar-refractivity contribution in [3.8, 4) is 0 Å². The number of sulfonamides is 1. The number of hydrogen-bond donors (Lipinski definition) is 2. The van der Waals surface area contributed by atoms with Crippen molar-refractivity contribution < 1.29 is 13.2 Å². The predicted octanol–water partition coefficient (Wildman–Crippen LogP) is 4.08. The quantitative estimate of drug-likeness (QED) is 0.775. The maximum Gasteiger partial charge on any atom is 0.242 e. The van der Waals surface area contributed by atoms with Crippen LogP contribution in [-0.4, -0.2) is 20.4 Å². The first-order chi connectivity index (χ1) is 12.1. The summed E-state index contributed by atoms with van der Waals surface area (Å²) in [6.45, 7) is 7.49. The Labute approximate surface area is 159 Å². The Morgan fingerprint density at radius 3 is 2.23 bits per heavy atom. The zero-order valence-corrected chi connectivity index (χ0v) is 16.8. The highest BCUT2D eigenvalue weighted by Gasteiger charge is 2.23. The topological polar surface area (TPSA) is 75.3 Å². The van der Waals surface area contributed by atoms with Crippen LogP contribution in [0, 0.1) is 6.92 Å². The summed E-state index contributed by atoms with van der Waals surface area (Å²) in [6.07, 6.45) is 0. The van der Waals surface area contributed by atoms with Crippen LogP contribution in [-0.2, 0) is 14.8 Å². The molecule has 7 heteroatoms. The number of aryl methyl sites for hydroxylation is 1. The van der Waals surface area contributed by atoms with E-state index in [4.69, 9.17) is 11.6 Å². The number of anilines is 1. The molecule has 0 fully saturated rings. The first kappa shape index (κ1) is 20.4. The van der Waals surface area contributed by atoms with Gasteiger partial charge in [0.15, 0.2) is 0 Å². The van der Waals surface area contributed by atoms with Gasteiger partial charge in [0, 0.05) is 10.7 Å². The summed E-state index contributed by atoms with van der Waals surface area (Å²) in [7, 11) is -3.82. The molecule has 5 nitrogen and oxygen atoms in total. The molecule has 0 heterocycles. The number of amides is 1. The minimum atomic E-state index is -3.82. The number of hydrogen-bond acceptors (Lipinski definition) is 3. The fourth-order valence-corrected chi connectivity index (χ4v) is 3.87. The number of nitrogens with one attached hydrogen (secondary N) is 2. The van der Waals surface area contributed by atoms with Crippen LogP contribution in [0.25, 0.3) is 0 Å². The van der Waals surface area contributed by atoms with Gasteiger partial charge in [-0.15, -0.1) is 0 Å². The normalized spacial score (nSPS) is 12.8. The zero-order chi connectivity index (χ0) is 19.5. The molecule has 26 heavy (non-hydrogen) atoms. The van der Waals surface area contributed by atoms with Crippen molar-refractivity contribution in [1.29, 1.82) is 0 Å². The first-order valence-corrected chi connectivity index (χ1v) is 10.2. The van der Waals surface area contributed by atoms with Gasteiger partial charge in [0.25, 0.3) is 0 Å². The van der Waals surface area contributed by atoms with Crippen LogP contribution < -0.4 is 10.0 Å². The molecule has 140 valence electrons. The number of para-hydroxylation sites is 1. The average Bonchev–Trinajstić information content (AvgIpc) is 2.56. The highest BCUT2D eigenvalue weighted by Crippen LogP contribution is 2.27. The van der Waals surface area contributed by atoms with Crippen molar-refractivity contribution in [2.24, 2.45) is 0 Å². The van der Waals surface area contributed by atoms with Crippen LogP contribution in [0.5, 0.6) is 0 Å². The zero-order valence-electron chi connectivity index (χ0n) is 15.2. The Morgan fingerprint density at radius 2 is 1.65 bits per heavy atom. The van der Waals surface area contributed by atoms with E-state index in [1.165, 1.54) is 31.2 Å². The number of carbonyl (C=O) groups is 1. The fraction of sp³-hybridized carbons (Fsp3) is 0.316. The highest BCUT2D eigenvalue weighted by molar-refractivity contribution is 7.89. The lowest BCUT2D eigenvalue weighted by molar-refractivity contribution is -0.117. The molecule has 1 atom stereocenters. The maximum atomic E-state index is 12.5. The summed E-state index contributed by atoms with van der Waals surface area (Å²) < 4.78 is 27.2. The lowest BCUT2D eigenvalue weighted by atomic mass is 9.98. The van der Waals surface area contributed by atoms with Gasteiger partial charge in [-0.25, -0.2) is 8.42 Å². The van der Waals surface area contributed by atoms with Crippen LogP contribution in [0.2, 0.25) is 5.02 Å². The van der Waals surface area contributed by atoms with E-state index in [2.05, 4.69) is 10.0 Å². The molecule has 0 aliphatic carbocycles. The van der Waals surface area contributed by atoms with E-state index in [-0.39, 0.29) is 10.8 Å². The smallest absolute Gasteiger partial charge is 0.242 e. The summed E-state index contributed by atoms with van der Waals surface area (Å²) in [6, 6.07) is 10.6. The van der Waals surface area contributed by atoms with Crippen molar-refractivity contribution in [1.82, 2.24) is 4.72 Å². The number of halogens is 1. The molecule has 0 bridgehead atoms. The van der Waals surface area contributed by atoms with Gasteiger partial charge in [0.05, 0.1) is 10.9 Å². The van der Waals surface area contributed by atoms with Crippen molar-refractivity contribution in [2.45, 2.75) is 44.6 Å². The molecule has 0 saturated carbocycles. The Kier molecular flexibility index (Phi) is 6.44. The molecular weight excluding hydrogens is 372 g/mol. The van der Waals surface area contributed by atoms with Gasteiger partial charge < -0.3 is 5.32 Å². The highest BCUT2D eigenvalue weighted by atomic mass is 35.5. The largest absolute Gasteiger partial charge is 0.324 e. The van der Waals surface area contributed by atoms with Crippen LogP contribution in [0.3, 0.4) is 0 Å². The summed E-state index contributed by atoms with van der Waals surface area (Å²) in [4.78, 5) is 12.6. The van der Waals surface area contributed by atoms with Gasteiger partial charge in [-0.2, -0.15) is 4.72 Å². The molecule has 0 radical (unpaired) electrons. The molecule has 2 aromatic rings. The summed E-state index contributed by atoms with van der Waals surface area (Å²) in [5, 5.41) is 3.30. The Hall–Kier alpha value is -1.89. The Bertz CT molecular complexity index is 894. The van der Waals surface area contributed by atoms with E-state index in [0.717, 1.165) is 16.8 Å². The number of carbonyl (C=O) groups excluding carboxylic acids is 1. The molecule has 2 aromatic carbocycles. The predicted molar refractivity (Wildman–Crippen MR) is 105 cm³/mol. The second-order valence-corrected chi connectivity index (χ2v) is 8.63. The lowest BCUT2D eigenvalue weighted by Gasteiger charge is -2.19. The average molecular weight is 395 g/mol. The van der Waals surface area contributed by atoms with E-state index in [9.17, 15) is 13.2 Å². The van der Waals surface area contributed by atoms with Crippen molar-refractivity contribution in [3.63, 3.8) is 0 Å². The molecule has 2 rings (SSSR count). The maximum absolute atomic E-state index is 12.5. The first-order valence-electron chi connectivity index (χ1n) is 8.30. The van der Waals surface area contributed by atoms with Gasteiger partial charge in [-0.05, 0) is 55.2 Å². The van der Waals surface area contributed by atoms with Crippen molar-refractivity contribution >= 4 is 33.2 Å². The van der Waals surface area contributed by atoms with Gasteiger partial charge >= 0.3 is 0 Å². The second-order valence-electron chi connectivity index (χ2n) is 6.48. The van der Waals surface area contributed by atoms with E-state index in [1.807, 2.05) is 39.0 Å². The van der Waals surface area contributed by atoms with Crippen LogP contribution in [0.4, 0.5) is 5.69 Å². The van der Waals surface area contributed by atoms with Crippen LogP contribution >= 0.6 is 11.6 Å². The molecule has 0 aromatic heterocycles. The standard InChI is InChI=1S/C19H23ClN2O3S/c1-12(2)17-7-5-6-13(3)18(17)21-19(23)14(4)22-26(24,25)16-10-8-15(20)9-11-16/h5-12,14,22H,1-4H3,(H,21,23)/t14-/m1/s1. The molecular formula is C19H23ClN2O3S. The third-order valence-electron chi connectivity index (χ3n) is 4.02. The third-order valence-corrected chi connectivity index (χ3v) is 5.83. The van der Waals surface area contributed by atoms with Gasteiger partial charge in [0.2, 0.25) is 15.9 Å². The molecule has 0 saturated heterocycles. The van der Waals surface area contributed by atoms with E-state index >= 15 is 0 Å². The minimum absolute atomic E-state index is 0.0558. The van der Waals surface area contributed by atoms with E-state index in [1.54, 1.807) is 0 Å².